The third-order valence-electron chi connectivity index (χ3n) is 3.70. The lowest BCUT2D eigenvalue weighted by Gasteiger charge is -2.23. The van der Waals surface area contributed by atoms with E-state index in [0.29, 0.717) is 5.56 Å². The largest absolute Gasteiger partial charge is 0.386 e. The molecule has 0 saturated carbocycles. The highest BCUT2D eigenvalue weighted by Gasteiger charge is 2.25. The van der Waals surface area contributed by atoms with Crippen LogP contribution in [0, 0.1) is 11.6 Å². The molecule has 0 aliphatic heterocycles. The lowest BCUT2D eigenvalue weighted by molar-refractivity contribution is -0.132. The summed E-state index contributed by atoms with van der Waals surface area (Å²) < 4.78 is 31.5. The van der Waals surface area contributed by atoms with Gasteiger partial charge in [0.15, 0.2) is 17.7 Å². The molecule has 0 aliphatic rings. The van der Waals surface area contributed by atoms with Crippen LogP contribution in [-0.2, 0) is 9.53 Å². The average molecular weight is 335 g/mol. The van der Waals surface area contributed by atoms with Crippen molar-refractivity contribution in [3.05, 3.63) is 71.3 Å². The van der Waals surface area contributed by atoms with E-state index >= 15 is 0 Å². The van der Waals surface area contributed by atoms with Crippen LogP contribution < -0.4 is 5.32 Å². The van der Waals surface area contributed by atoms with Crippen LogP contribution in [0.25, 0.3) is 0 Å². The zero-order valence-corrected chi connectivity index (χ0v) is 13.4. The fourth-order valence-corrected chi connectivity index (χ4v) is 2.39. The molecule has 0 aromatic heterocycles. The number of hydrogen-bond acceptors (Lipinski definition) is 3. The molecule has 2 aromatic carbocycles. The summed E-state index contributed by atoms with van der Waals surface area (Å²) in [5.74, 6) is -2.48. The van der Waals surface area contributed by atoms with Crippen LogP contribution in [0.3, 0.4) is 0 Å². The summed E-state index contributed by atoms with van der Waals surface area (Å²) in [5.41, 5.74) is 0.849. The summed E-state index contributed by atoms with van der Waals surface area (Å²) in [6, 6.07) is 11.3. The second kappa shape index (κ2) is 7.99. The second-order valence-corrected chi connectivity index (χ2v) is 5.44. The summed E-state index contributed by atoms with van der Waals surface area (Å²) in [6.07, 6.45) is -2.01. The lowest BCUT2D eigenvalue weighted by atomic mass is 10.0. The molecule has 0 aliphatic carbocycles. The molecule has 6 heteroatoms. The molecule has 2 aromatic rings. The first-order valence-corrected chi connectivity index (χ1v) is 7.45. The number of rotatable bonds is 6. The number of carbonyl (C=O) groups excluding carboxylic acids is 1. The number of aliphatic hydroxyl groups is 1. The van der Waals surface area contributed by atoms with Crippen LogP contribution in [0.15, 0.2) is 48.5 Å². The molecule has 24 heavy (non-hydrogen) atoms. The molecule has 0 spiro atoms. The Bertz CT molecular complexity index is 694. The van der Waals surface area contributed by atoms with Gasteiger partial charge in [0.05, 0.1) is 12.1 Å². The molecule has 0 saturated heterocycles. The van der Waals surface area contributed by atoms with Crippen molar-refractivity contribution in [2.24, 2.45) is 0 Å². The number of carbonyl (C=O) groups is 1. The van der Waals surface area contributed by atoms with E-state index in [2.05, 4.69) is 5.32 Å². The van der Waals surface area contributed by atoms with Crippen LogP contribution in [0.2, 0.25) is 0 Å². The summed E-state index contributed by atoms with van der Waals surface area (Å²) in [6.45, 7) is 1.57. The number of aliphatic hydroxyl groups excluding tert-OH is 1. The number of nitrogens with one attached hydrogen (secondary N) is 1. The number of methoxy groups -OCH3 is 1. The fraction of sp³-hybridized carbons (Fsp3) is 0.278. The smallest absolute Gasteiger partial charge is 0.254 e. The first-order chi connectivity index (χ1) is 11.4. The van der Waals surface area contributed by atoms with E-state index in [4.69, 9.17) is 4.74 Å². The number of hydrogen-bond donors (Lipinski definition) is 2. The molecule has 3 atom stereocenters. The van der Waals surface area contributed by atoms with Gasteiger partial charge < -0.3 is 15.2 Å². The highest BCUT2D eigenvalue weighted by molar-refractivity contribution is 5.82. The average Bonchev–Trinajstić information content (AvgIpc) is 2.58. The summed E-state index contributed by atoms with van der Waals surface area (Å²) in [5, 5.41) is 12.9. The Morgan fingerprint density at radius 3 is 2.33 bits per heavy atom. The summed E-state index contributed by atoms with van der Waals surface area (Å²) in [4.78, 5) is 12.4. The highest BCUT2D eigenvalue weighted by atomic mass is 19.2. The Hall–Kier alpha value is -2.31. The minimum absolute atomic E-state index is 0.176. The monoisotopic (exact) mass is 335 g/mol. The van der Waals surface area contributed by atoms with Crippen LogP contribution >= 0.6 is 0 Å². The summed E-state index contributed by atoms with van der Waals surface area (Å²) >= 11 is 0. The van der Waals surface area contributed by atoms with Crippen LogP contribution in [0.5, 0.6) is 0 Å². The third-order valence-corrected chi connectivity index (χ3v) is 3.70. The number of halogens is 2. The molecule has 0 fully saturated rings. The van der Waals surface area contributed by atoms with E-state index in [1.807, 2.05) is 6.07 Å². The molecule has 4 nitrogen and oxygen atoms in total. The van der Waals surface area contributed by atoms with Crippen molar-refractivity contribution in [3.8, 4) is 0 Å². The topological polar surface area (TPSA) is 58.6 Å². The van der Waals surface area contributed by atoms with E-state index in [9.17, 15) is 18.7 Å². The molecule has 0 bridgehead atoms. The van der Waals surface area contributed by atoms with Gasteiger partial charge in [0.2, 0.25) is 0 Å². The van der Waals surface area contributed by atoms with Gasteiger partial charge in [0.25, 0.3) is 5.91 Å². The van der Waals surface area contributed by atoms with E-state index < -0.39 is 35.8 Å². The number of benzene rings is 2. The van der Waals surface area contributed by atoms with Gasteiger partial charge in [-0.1, -0.05) is 36.4 Å². The van der Waals surface area contributed by atoms with Gasteiger partial charge in [0.1, 0.15) is 0 Å². The van der Waals surface area contributed by atoms with E-state index in [1.165, 1.54) is 13.2 Å². The maximum absolute atomic E-state index is 13.3. The van der Waals surface area contributed by atoms with Gasteiger partial charge >= 0.3 is 0 Å². The van der Waals surface area contributed by atoms with Gasteiger partial charge in [-0.05, 0) is 30.2 Å². The highest BCUT2D eigenvalue weighted by Crippen LogP contribution is 2.21. The van der Waals surface area contributed by atoms with Crippen LogP contribution in [0.4, 0.5) is 8.78 Å². The minimum atomic E-state index is -1.18. The quantitative estimate of drug-likeness (QED) is 0.853. The molecule has 128 valence electrons. The maximum Gasteiger partial charge on any atom is 0.254 e. The predicted octanol–water partition coefficient (Wildman–Crippen LogP) is 2.89. The Labute approximate surface area is 139 Å². The maximum atomic E-state index is 13.3. The Kier molecular flexibility index (Phi) is 6.00. The normalized spacial score (nSPS) is 14.7. The van der Waals surface area contributed by atoms with Gasteiger partial charge in [-0.25, -0.2) is 8.78 Å². The van der Waals surface area contributed by atoms with Gasteiger partial charge in [0, 0.05) is 7.11 Å². The third kappa shape index (κ3) is 4.15. The van der Waals surface area contributed by atoms with Crippen LogP contribution in [-0.4, -0.2) is 24.2 Å². The van der Waals surface area contributed by atoms with Crippen molar-refractivity contribution >= 4 is 5.91 Å². The molecular weight excluding hydrogens is 316 g/mol. The molecule has 2 N–H and O–H groups in total. The molecule has 0 unspecified atom stereocenters. The molecule has 1 amide bonds. The Morgan fingerprint density at radius 2 is 1.75 bits per heavy atom. The fourth-order valence-electron chi connectivity index (χ4n) is 2.39. The first kappa shape index (κ1) is 18.0. The standard InChI is InChI=1S/C18H19F2NO3/c1-11(16(22)13-8-9-14(19)15(20)10-13)21-18(23)17(24-2)12-6-4-3-5-7-12/h3-11,16-17,22H,1-2H3,(H,21,23)/t11-,16-,17-/m1/s1. The van der Waals surface area contributed by atoms with E-state index in [-0.39, 0.29) is 5.56 Å². The molecular formula is C18H19F2NO3. The Morgan fingerprint density at radius 1 is 1.08 bits per heavy atom. The zero-order chi connectivity index (χ0) is 17.7. The minimum Gasteiger partial charge on any atom is -0.386 e. The van der Waals surface area contributed by atoms with E-state index in [1.54, 1.807) is 31.2 Å². The van der Waals surface area contributed by atoms with Crippen molar-refractivity contribution in [1.82, 2.24) is 5.32 Å². The van der Waals surface area contributed by atoms with Gasteiger partial charge in [-0.3, -0.25) is 4.79 Å². The predicted molar refractivity (Wildman–Crippen MR) is 85.1 cm³/mol. The van der Waals surface area contributed by atoms with Crippen molar-refractivity contribution in [3.63, 3.8) is 0 Å². The molecule has 0 heterocycles. The first-order valence-electron chi connectivity index (χ1n) is 7.45. The van der Waals surface area contributed by atoms with E-state index in [0.717, 1.165) is 12.1 Å². The lowest BCUT2D eigenvalue weighted by Crippen LogP contribution is -2.40. The van der Waals surface area contributed by atoms with Gasteiger partial charge in [-0.2, -0.15) is 0 Å². The second-order valence-electron chi connectivity index (χ2n) is 5.44. The molecule has 0 radical (unpaired) electrons. The van der Waals surface area contributed by atoms with Crippen molar-refractivity contribution < 1.29 is 23.4 Å². The molecule has 2 rings (SSSR count). The SMILES string of the molecule is CO[C@@H](C(=O)N[C@H](C)[C@@H](O)c1ccc(F)c(F)c1)c1ccccc1. The number of amides is 1. The van der Waals surface area contributed by atoms with Crippen molar-refractivity contribution in [2.45, 2.75) is 25.2 Å². The van der Waals surface area contributed by atoms with Crippen molar-refractivity contribution in [2.75, 3.05) is 7.11 Å². The van der Waals surface area contributed by atoms with Gasteiger partial charge in [-0.15, -0.1) is 0 Å². The zero-order valence-electron chi connectivity index (χ0n) is 13.4. The van der Waals surface area contributed by atoms with Crippen molar-refractivity contribution in [1.29, 1.82) is 0 Å². The van der Waals surface area contributed by atoms with Crippen LogP contribution in [0.1, 0.15) is 30.3 Å². The Balaban J connectivity index is 2.08. The number of ether oxygens (including phenoxy) is 1. The summed E-state index contributed by atoms with van der Waals surface area (Å²) in [7, 11) is 1.41.